The molecule has 4 heteroatoms. The molecule has 146 valence electrons. The molecular weight excluding hydrogens is 360 g/mol. The number of hydrogen-bond donors (Lipinski definition) is 1. The fraction of sp³-hybridized carbons (Fsp3) is 0.200. The Hall–Kier alpha value is -3.40. The van der Waals surface area contributed by atoms with Crippen molar-refractivity contribution >= 4 is 17.5 Å². The summed E-state index contributed by atoms with van der Waals surface area (Å²) in [4.78, 5) is 27.5. The molecule has 0 aromatic heterocycles. The van der Waals surface area contributed by atoms with E-state index in [1.54, 1.807) is 0 Å². The van der Waals surface area contributed by atoms with Crippen molar-refractivity contribution in [3.63, 3.8) is 0 Å². The number of hydrogen-bond acceptors (Lipinski definition) is 2. The maximum Gasteiger partial charge on any atom is 0.258 e. The van der Waals surface area contributed by atoms with E-state index in [1.807, 2.05) is 90.7 Å². The molecule has 2 amide bonds. The molecule has 0 fully saturated rings. The maximum absolute atomic E-state index is 12.9. The van der Waals surface area contributed by atoms with Gasteiger partial charge in [0.1, 0.15) is 0 Å². The Kier molecular flexibility index (Phi) is 5.43. The smallest absolute Gasteiger partial charge is 0.258 e. The van der Waals surface area contributed by atoms with Crippen molar-refractivity contribution in [2.75, 3.05) is 11.4 Å². The maximum atomic E-state index is 12.9. The lowest BCUT2D eigenvalue weighted by Crippen LogP contribution is -2.35. The molecule has 4 rings (SSSR count). The summed E-state index contributed by atoms with van der Waals surface area (Å²) in [5.74, 6) is -0.0999. The summed E-state index contributed by atoms with van der Waals surface area (Å²) < 4.78 is 0. The molecule has 4 nitrogen and oxygen atoms in total. The SMILES string of the molecule is C[C@H](NC(=O)c1ccc2c(c1)CCCN2C(=O)c1ccccc1)c1ccccc1. The van der Waals surface area contributed by atoms with E-state index in [0.29, 0.717) is 17.7 Å². The minimum atomic E-state index is -0.101. The number of carbonyl (C=O) groups is 2. The molecule has 0 saturated carbocycles. The molecule has 1 aliphatic rings. The Balaban J connectivity index is 1.54. The average Bonchev–Trinajstić information content (AvgIpc) is 2.79. The van der Waals surface area contributed by atoms with Crippen LogP contribution in [0.1, 0.15) is 51.2 Å². The fourth-order valence-corrected chi connectivity index (χ4v) is 3.79. The lowest BCUT2D eigenvalue weighted by atomic mass is 9.98. The Morgan fingerprint density at radius 1 is 0.897 bits per heavy atom. The minimum absolute atomic E-state index is 0.00134. The van der Waals surface area contributed by atoms with Crippen LogP contribution in [-0.2, 0) is 6.42 Å². The highest BCUT2D eigenvalue weighted by Gasteiger charge is 2.24. The van der Waals surface area contributed by atoms with Gasteiger partial charge >= 0.3 is 0 Å². The first-order valence-electron chi connectivity index (χ1n) is 9.99. The van der Waals surface area contributed by atoms with Crippen LogP contribution in [0.5, 0.6) is 0 Å². The molecular formula is C25H24N2O2. The van der Waals surface area contributed by atoms with E-state index < -0.39 is 0 Å². The zero-order valence-electron chi connectivity index (χ0n) is 16.5. The van der Waals surface area contributed by atoms with Gasteiger partial charge < -0.3 is 10.2 Å². The van der Waals surface area contributed by atoms with Crippen molar-refractivity contribution < 1.29 is 9.59 Å². The van der Waals surface area contributed by atoms with Gasteiger partial charge in [0.2, 0.25) is 0 Å². The molecule has 3 aromatic rings. The molecule has 0 bridgehead atoms. The number of carbonyl (C=O) groups excluding carboxylic acids is 2. The predicted octanol–water partition coefficient (Wildman–Crippen LogP) is 4.77. The largest absolute Gasteiger partial charge is 0.346 e. The van der Waals surface area contributed by atoms with Gasteiger partial charge in [-0.3, -0.25) is 9.59 Å². The number of amides is 2. The van der Waals surface area contributed by atoms with E-state index in [2.05, 4.69) is 5.32 Å². The molecule has 0 aliphatic carbocycles. The first-order valence-corrected chi connectivity index (χ1v) is 9.99. The number of aryl methyl sites for hydroxylation is 1. The normalized spacial score (nSPS) is 14.0. The number of rotatable bonds is 4. The van der Waals surface area contributed by atoms with Gasteiger partial charge in [0.15, 0.2) is 0 Å². The number of fused-ring (bicyclic) bond motifs is 1. The van der Waals surface area contributed by atoms with E-state index in [-0.39, 0.29) is 17.9 Å². The zero-order valence-corrected chi connectivity index (χ0v) is 16.5. The summed E-state index contributed by atoms with van der Waals surface area (Å²) in [6.45, 7) is 2.67. The second kappa shape index (κ2) is 8.31. The van der Waals surface area contributed by atoms with Gasteiger partial charge in [-0.05, 0) is 61.2 Å². The standard InChI is InChI=1S/C25H24N2O2/c1-18(19-9-4-2-5-10-19)26-24(28)22-14-15-23-21(17-22)13-8-16-27(23)25(29)20-11-6-3-7-12-20/h2-7,9-12,14-15,17-18H,8,13,16H2,1H3,(H,26,28)/t18-/m0/s1. The Bertz CT molecular complexity index is 1020. The third-order valence-electron chi connectivity index (χ3n) is 5.37. The zero-order chi connectivity index (χ0) is 20.2. The van der Waals surface area contributed by atoms with Crippen LogP contribution in [0.4, 0.5) is 5.69 Å². The topological polar surface area (TPSA) is 49.4 Å². The summed E-state index contributed by atoms with van der Waals surface area (Å²) in [5, 5.41) is 3.06. The van der Waals surface area contributed by atoms with Crippen LogP contribution in [0, 0.1) is 0 Å². The molecule has 0 radical (unpaired) electrons. The van der Waals surface area contributed by atoms with E-state index in [4.69, 9.17) is 0 Å². The number of anilines is 1. The second-order valence-electron chi connectivity index (χ2n) is 7.38. The monoisotopic (exact) mass is 384 g/mol. The quantitative estimate of drug-likeness (QED) is 0.704. The molecule has 1 N–H and O–H groups in total. The summed E-state index contributed by atoms with van der Waals surface area (Å²) in [5.41, 5.74) is 4.32. The van der Waals surface area contributed by atoms with Gasteiger partial charge in [-0.15, -0.1) is 0 Å². The summed E-state index contributed by atoms with van der Waals surface area (Å²) in [6.07, 6.45) is 1.75. The molecule has 29 heavy (non-hydrogen) atoms. The molecule has 0 spiro atoms. The molecule has 0 saturated heterocycles. The van der Waals surface area contributed by atoms with Crippen LogP contribution in [0.15, 0.2) is 78.9 Å². The van der Waals surface area contributed by atoms with Crippen LogP contribution in [0.25, 0.3) is 0 Å². The van der Waals surface area contributed by atoms with Crippen molar-refractivity contribution in [1.82, 2.24) is 5.32 Å². The third kappa shape index (κ3) is 4.06. The number of nitrogens with one attached hydrogen (secondary N) is 1. The van der Waals surface area contributed by atoms with Crippen molar-refractivity contribution in [3.8, 4) is 0 Å². The highest BCUT2D eigenvalue weighted by molar-refractivity contribution is 6.07. The van der Waals surface area contributed by atoms with Crippen LogP contribution in [-0.4, -0.2) is 18.4 Å². The summed E-state index contributed by atoms with van der Waals surface area (Å²) in [7, 11) is 0. The highest BCUT2D eigenvalue weighted by Crippen LogP contribution is 2.29. The molecule has 1 heterocycles. The van der Waals surface area contributed by atoms with Crippen molar-refractivity contribution in [3.05, 3.63) is 101 Å². The molecule has 1 aliphatic heterocycles. The van der Waals surface area contributed by atoms with Gasteiger partial charge in [0, 0.05) is 23.4 Å². The van der Waals surface area contributed by atoms with Crippen molar-refractivity contribution in [2.24, 2.45) is 0 Å². The van der Waals surface area contributed by atoms with E-state index in [0.717, 1.165) is 29.7 Å². The minimum Gasteiger partial charge on any atom is -0.346 e. The lowest BCUT2D eigenvalue weighted by Gasteiger charge is -2.30. The van der Waals surface area contributed by atoms with E-state index in [9.17, 15) is 9.59 Å². The van der Waals surface area contributed by atoms with Crippen LogP contribution in [0.2, 0.25) is 0 Å². The van der Waals surface area contributed by atoms with E-state index >= 15 is 0 Å². The fourth-order valence-electron chi connectivity index (χ4n) is 3.79. The molecule has 3 aromatic carbocycles. The predicted molar refractivity (Wildman–Crippen MR) is 115 cm³/mol. The van der Waals surface area contributed by atoms with Gasteiger partial charge in [-0.2, -0.15) is 0 Å². The first kappa shape index (κ1) is 18.9. The highest BCUT2D eigenvalue weighted by atomic mass is 16.2. The first-order chi connectivity index (χ1) is 14.1. The van der Waals surface area contributed by atoms with Gasteiger partial charge in [0.25, 0.3) is 11.8 Å². The molecule has 1 atom stereocenters. The number of benzene rings is 3. The third-order valence-corrected chi connectivity index (χ3v) is 5.37. The van der Waals surface area contributed by atoms with Gasteiger partial charge in [-0.1, -0.05) is 48.5 Å². The van der Waals surface area contributed by atoms with E-state index in [1.165, 1.54) is 0 Å². The van der Waals surface area contributed by atoms with Gasteiger partial charge in [0.05, 0.1) is 6.04 Å². The van der Waals surface area contributed by atoms with Gasteiger partial charge in [-0.25, -0.2) is 0 Å². The van der Waals surface area contributed by atoms with Crippen molar-refractivity contribution in [2.45, 2.75) is 25.8 Å². The Labute approximate surface area is 171 Å². The molecule has 0 unspecified atom stereocenters. The second-order valence-corrected chi connectivity index (χ2v) is 7.38. The average molecular weight is 384 g/mol. The Morgan fingerprint density at radius 2 is 1.59 bits per heavy atom. The van der Waals surface area contributed by atoms with Crippen LogP contribution in [0.3, 0.4) is 0 Å². The number of nitrogens with zero attached hydrogens (tertiary/aromatic N) is 1. The summed E-state index contributed by atoms with van der Waals surface area (Å²) >= 11 is 0. The lowest BCUT2D eigenvalue weighted by molar-refractivity contribution is 0.0939. The Morgan fingerprint density at radius 3 is 2.31 bits per heavy atom. The van der Waals surface area contributed by atoms with Crippen molar-refractivity contribution in [1.29, 1.82) is 0 Å². The van der Waals surface area contributed by atoms with Crippen LogP contribution < -0.4 is 10.2 Å². The summed E-state index contributed by atoms with van der Waals surface area (Å²) in [6, 6.07) is 24.8. The van der Waals surface area contributed by atoms with Crippen LogP contribution >= 0.6 is 0 Å².